The second-order valence-corrected chi connectivity index (χ2v) is 15.7. The lowest BCUT2D eigenvalue weighted by molar-refractivity contribution is 0.0520. The normalized spacial score (nSPS) is 16.7. The number of esters is 1. The maximum atomic E-state index is 15.5. The molecule has 2 aromatic carbocycles. The first-order valence-corrected chi connectivity index (χ1v) is 19.2. The third-order valence-corrected chi connectivity index (χ3v) is 11.0. The molecule has 0 bridgehead atoms. The first-order chi connectivity index (χ1) is 24.0. The van der Waals surface area contributed by atoms with Gasteiger partial charge in [-0.25, -0.2) is 14.2 Å². The number of halogens is 1. The van der Waals surface area contributed by atoms with Crippen molar-refractivity contribution in [2.24, 2.45) is 16.2 Å². The number of sulfonamides is 1. The molecule has 3 heterocycles. The van der Waals surface area contributed by atoms with Crippen molar-refractivity contribution in [2.75, 3.05) is 40.8 Å². The van der Waals surface area contributed by atoms with Crippen LogP contribution >= 0.6 is 11.3 Å². The van der Waals surface area contributed by atoms with Gasteiger partial charge in [0.25, 0.3) is 10.0 Å². The molecule has 1 saturated carbocycles. The number of ether oxygens (including phenoxy) is 1. The summed E-state index contributed by atoms with van der Waals surface area (Å²) in [6, 6.07) is 12.4. The molecule has 50 heavy (non-hydrogen) atoms. The Balaban J connectivity index is 1.43. The number of nitrogens with zero attached hydrogens (tertiary/aromatic N) is 5. The van der Waals surface area contributed by atoms with Crippen molar-refractivity contribution in [3.05, 3.63) is 87.9 Å². The van der Waals surface area contributed by atoms with Crippen molar-refractivity contribution in [1.82, 2.24) is 19.4 Å². The van der Waals surface area contributed by atoms with E-state index in [9.17, 15) is 13.2 Å². The molecule has 1 unspecified atom stereocenters. The van der Waals surface area contributed by atoms with E-state index >= 15 is 4.39 Å². The van der Waals surface area contributed by atoms with Gasteiger partial charge in [0.2, 0.25) is 0 Å². The summed E-state index contributed by atoms with van der Waals surface area (Å²) in [5.41, 5.74) is 5.72. The number of benzene rings is 2. The summed E-state index contributed by atoms with van der Waals surface area (Å²) in [5.74, 6) is 6.41. The summed E-state index contributed by atoms with van der Waals surface area (Å²) >= 11 is 1.36. The number of carbonyl (C=O) groups excluding carboxylic acids is 1. The Morgan fingerprint density at radius 1 is 1.20 bits per heavy atom. The van der Waals surface area contributed by atoms with Gasteiger partial charge in [0.05, 0.1) is 6.61 Å². The highest BCUT2D eigenvalue weighted by molar-refractivity contribution is 7.90. The fourth-order valence-electron chi connectivity index (χ4n) is 6.21. The fraction of sp³-hybridized carbons (Fsp3) is 0.395. The van der Waals surface area contributed by atoms with E-state index in [1.807, 2.05) is 12.1 Å². The predicted molar refractivity (Wildman–Crippen MR) is 195 cm³/mol. The molecule has 2 fully saturated rings. The van der Waals surface area contributed by atoms with Gasteiger partial charge in [-0.05, 0) is 106 Å². The van der Waals surface area contributed by atoms with E-state index in [4.69, 9.17) is 4.74 Å². The largest absolute Gasteiger partial charge is 0.461 e. The van der Waals surface area contributed by atoms with Crippen LogP contribution in [0.15, 0.2) is 63.3 Å². The smallest absolute Gasteiger partial charge is 0.357 e. The van der Waals surface area contributed by atoms with Gasteiger partial charge in [-0.15, -0.1) is 15.7 Å². The maximum absolute atomic E-state index is 15.5. The van der Waals surface area contributed by atoms with Crippen LogP contribution in [0.4, 0.5) is 4.39 Å². The summed E-state index contributed by atoms with van der Waals surface area (Å²) in [6.07, 6.45) is 8.78. The average molecular weight is 716 g/mol. The summed E-state index contributed by atoms with van der Waals surface area (Å²) in [5, 5.41) is 2.35. The number of hydrogen-bond acceptors (Lipinski definition) is 7. The Kier molecular flexibility index (Phi) is 10.9. The number of rotatable bonds is 11. The van der Waals surface area contributed by atoms with Crippen LogP contribution in [0.3, 0.4) is 0 Å². The van der Waals surface area contributed by atoms with Crippen molar-refractivity contribution < 1.29 is 22.3 Å². The lowest BCUT2D eigenvalue weighted by Crippen LogP contribution is -2.31. The first kappa shape index (κ1) is 35.5. The molecule has 2 aromatic heterocycles. The number of aromatic nitrogens is 2. The van der Waals surface area contributed by atoms with Crippen LogP contribution in [0, 0.1) is 29.5 Å². The number of likely N-dealkylation sites (tertiary alicyclic amines) is 1. The molecule has 2 aliphatic rings. The molecule has 1 aliphatic heterocycles. The van der Waals surface area contributed by atoms with Gasteiger partial charge in [-0.3, -0.25) is 4.57 Å². The summed E-state index contributed by atoms with van der Waals surface area (Å²) in [7, 11) is 1.20. The third kappa shape index (κ3) is 8.52. The Morgan fingerprint density at radius 2 is 2.02 bits per heavy atom. The van der Waals surface area contributed by atoms with Gasteiger partial charge < -0.3 is 14.5 Å². The SMILES string of the molecule is CCOC(=O)c1csc(-n2cc(-c3cccc(C#CC4CCCN(C)C4)c3)c(Cc3ccc(S(=O)(=O)/N=C\N(C)C)c(F)c3)c2CC2CC2)n1. The van der Waals surface area contributed by atoms with Gasteiger partial charge in [0.15, 0.2) is 10.8 Å². The van der Waals surface area contributed by atoms with E-state index in [0.29, 0.717) is 29.0 Å². The highest BCUT2D eigenvalue weighted by Gasteiger charge is 2.29. The van der Waals surface area contributed by atoms with Crippen LogP contribution in [0.5, 0.6) is 0 Å². The van der Waals surface area contributed by atoms with E-state index < -0.39 is 26.7 Å². The maximum Gasteiger partial charge on any atom is 0.357 e. The molecule has 0 radical (unpaired) electrons. The second-order valence-electron chi connectivity index (χ2n) is 13.3. The third-order valence-electron chi connectivity index (χ3n) is 8.87. The highest BCUT2D eigenvalue weighted by atomic mass is 32.2. The van der Waals surface area contributed by atoms with Crippen LogP contribution < -0.4 is 0 Å². The van der Waals surface area contributed by atoms with Gasteiger partial charge >= 0.3 is 5.97 Å². The quantitative estimate of drug-likeness (QED) is 0.0765. The van der Waals surface area contributed by atoms with Gasteiger partial charge in [-0.1, -0.05) is 30.0 Å². The zero-order valence-corrected chi connectivity index (χ0v) is 30.5. The van der Waals surface area contributed by atoms with E-state index in [2.05, 4.69) is 56.1 Å². The first-order valence-electron chi connectivity index (χ1n) is 16.9. The summed E-state index contributed by atoms with van der Waals surface area (Å²) < 4.78 is 51.9. The molecule has 262 valence electrons. The van der Waals surface area contributed by atoms with E-state index in [1.54, 1.807) is 32.5 Å². The topological polar surface area (TPSA) is 97.1 Å². The number of hydrogen-bond donors (Lipinski definition) is 0. The molecular formula is C38H42FN5O4S2. The number of piperidine rings is 1. The minimum absolute atomic E-state index is 0.252. The van der Waals surface area contributed by atoms with Gasteiger partial charge in [-0.2, -0.15) is 8.42 Å². The molecule has 0 spiro atoms. The molecule has 1 saturated heterocycles. The minimum atomic E-state index is -4.22. The Labute approximate surface area is 297 Å². The lowest BCUT2D eigenvalue weighted by Gasteiger charge is -2.26. The zero-order chi connectivity index (χ0) is 35.4. The number of thiazole rings is 1. The Bertz CT molecular complexity index is 2070. The van der Waals surface area contributed by atoms with E-state index in [1.165, 1.54) is 28.4 Å². The van der Waals surface area contributed by atoms with Crippen molar-refractivity contribution >= 4 is 33.7 Å². The average Bonchev–Trinajstić information content (AvgIpc) is 3.65. The van der Waals surface area contributed by atoms with Crippen LogP contribution in [0.1, 0.15) is 65.5 Å². The highest BCUT2D eigenvalue weighted by Crippen LogP contribution is 2.40. The molecule has 9 nitrogen and oxygen atoms in total. The Morgan fingerprint density at radius 3 is 2.74 bits per heavy atom. The molecule has 12 heteroatoms. The van der Waals surface area contributed by atoms with Gasteiger partial charge in [0.1, 0.15) is 17.1 Å². The van der Waals surface area contributed by atoms with Crippen molar-refractivity contribution in [1.29, 1.82) is 0 Å². The van der Waals surface area contributed by atoms with Crippen LogP contribution in [0.25, 0.3) is 16.3 Å². The van der Waals surface area contributed by atoms with E-state index in [-0.39, 0.29) is 12.3 Å². The molecule has 0 amide bonds. The second kappa shape index (κ2) is 15.3. The van der Waals surface area contributed by atoms with Gasteiger partial charge in [0, 0.05) is 55.0 Å². The Hall–Kier alpha value is -4.31. The van der Waals surface area contributed by atoms with Crippen molar-refractivity contribution in [2.45, 2.75) is 50.3 Å². The zero-order valence-electron chi connectivity index (χ0n) is 28.9. The van der Waals surface area contributed by atoms with Crippen molar-refractivity contribution in [3.8, 4) is 28.1 Å². The molecular weight excluding hydrogens is 674 g/mol. The van der Waals surface area contributed by atoms with Crippen LogP contribution in [0.2, 0.25) is 0 Å². The van der Waals surface area contributed by atoms with Crippen molar-refractivity contribution in [3.63, 3.8) is 0 Å². The minimum Gasteiger partial charge on any atom is -0.461 e. The predicted octanol–water partition coefficient (Wildman–Crippen LogP) is 6.43. The van der Waals surface area contributed by atoms with Crippen LogP contribution in [-0.4, -0.2) is 80.9 Å². The molecule has 1 atom stereocenters. The monoisotopic (exact) mass is 715 g/mol. The standard InChI is InChI=1S/C38H42FN5O4S2/c1-5-48-37(45)34-24-49-38(41-34)44-23-32(30-10-6-8-26(18-30)13-14-28-9-7-17-43(4)22-28)31(35(44)21-27-11-12-27)19-29-15-16-36(33(39)20-29)50(46,47)40-25-42(2)3/h6,8,10,15-16,18,20,23-25,27-28H,5,7,9,11-12,17,19,21-22H2,1-4H3/b40-25-. The number of carbonyl (C=O) groups is 1. The molecule has 1 aliphatic carbocycles. The van der Waals surface area contributed by atoms with E-state index in [0.717, 1.165) is 79.5 Å². The summed E-state index contributed by atoms with van der Waals surface area (Å²) in [6.45, 7) is 4.08. The molecule has 0 N–H and O–H groups in total. The molecule has 4 aromatic rings. The lowest BCUT2D eigenvalue weighted by atomic mass is 9.94. The molecule has 6 rings (SSSR count). The van der Waals surface area contributed by atoms with Crippen LogP contribution in [-0.2, 0) is 27.6 Å². The summed E-state index contributed by atoms with van der Waals surface area (Å²) in [4.78, 5) is 20.5. The fourth-order valence-corrected chi connectivity index (χ4v) is 7.97.